The van der Waals surface area contributed by atoms with Crippen molar-refractivity contribution in [1.29, 1.82) is 0 Å². The minimum absolute atomic E-state index is 0.292. The van der Waals surface area contributed by atoms with Crippen LogP contribution in [-0.4, -0.2) is 16.4 Å². The second-order valence-electron chi connectivity index (χ2n) is 6.95. The Morgan fingerprint density at radius 3 is 2.57 bits per heavy atom. The van der Waals surface area contributed by atoms with Crippen molar-refractivity contribution in [3.63, 3.8) is 0 Å². The zero-order valence-corrected chi connectivity index (χ0v) is 13.3. The van der Waals surface area contributed by atoms with Gasteiger partial charge in [0.15, 0.2) is 5.72 Å². The number of benzene rings is 2. The molecule has 0 N–H and O–H groups in total. The molecule has 5 rings (SSSR count). The number of para-hydroxylation sites is 1. The van der Waals surface area contributed by atoms with Crippen LogP contribution in [0.4, 0.5) is 0 Å². The van der Waals surface area contributed by atoms with Crippen molar-refractivity contribution in [2.75, 3.05) is 0 Å². The summed E-state index contributed by atoms with van der Waals surface area (Å²) >= 11 is 0. The van der Waals surface area contributed by atoms with Gasteiger partial charge >= 0.3 is 0 Å². The second-order valence-corrected chi connectivity index (χ2v) is 6.95. The highest BCUT2D eigenvalue weighted by Crippen LogP contribution is 2.54. The molecule has 0 radical (unpaired) electrons. The van der Waals surface area contributed by atoms with Crippen LogP contribution in [0, 0.1) is 5.92 Å². The van der Waals surface area contributed by atoms with Gasteiger partial charge in [-0.1, -0.05) is 48.5 Å². The smallest absolute Gasteiger partial charge is 0.198 e. The minimum Gasteiger partial charge on any atom is -0.466 e. The van der Waals surface area contributed by atoms with E-state index in [4.69, 9.17) is 9.84 Å². The molecule has 0 spiro atoms. The lowest BCUT2D eigenvalue weighted by atomic mass is 9.94. The van der Waals surface area contributed by atoms with E-state index in [1.807, 2.05) is 0 Å². The lowest BCUT2D eigenvalue weighted by molar-refractivity contribution is -0.121. The van der Waals surface area contributed by atoms with Gasteiger partial charge in [0.05, 0.1) is 11.8 Å². The van der Waals surface area contributed by atoms with E-state index in [0.29, 0.717) is 12.0 Å². The number of rotatable bonds is 2. The summed E-state index contributed by atoms with van der Waals surface area (Å²) in [5.74, 6) is 1.62. The lowest BCUT2D eigenvalue weighted by Gasteiger charge is -2.46. The number of hydrogen-bond donors (Lipinski definition) is 0. The Labute approximate surface area is 136 Å². The van der Waals surface area contributed by atoms with Crippen LogP contribution in [-0.2, 0) is 0 Å². The van der Waals surface area contributed by atoms with E-state index in [0.717, 1.165) is 12.2 Å². The first-order valence-corrected chi connectivity index (χ1v) is 8.46. The molecular weight excluding hydrogens is 284 g/mol. The van der Waals surface area contributed by atoms with Crippen LogP contribution >= 0.6 is 0 Å². The van der Waals surface area contributed by atoms with Gasteiger partial charge in [-0.3, -0.25) is 0 Å². The zero-order valence-electron chi connectivity index (χ0n) is 13.3. The summed E-state index contributed by atoms with van der Waals surface area (Å²) in [5, 5.41) is 7.26. The molecule has 1 fully saturated rings. The van der Waals surface area contributed by atoms with Crippen molar-refractivity contribution in [2.45, 2.75) is 38.0 Å². The van der Waals surface area contributed by atoms with Crippen LogP contribution in [0.3, 0.4) is 0 Å². The minimum atomic E-state index is -0.310. The molecule has 1 aliphatic carbocycles. The normalized spacial score (nSPS) is 28.7. The van der Waals surface area contributed by atoms with Crippen LogP contribution < -0.4 is 4.74 Å². The third kappa shape index (κ3) is 1.92. The molecule has 1 saturated carbocycles. The standard InChI is InChI=1S/C20H20N2O/c1-20(15-11-12-15)22-18(16-9-5-6-10-19(16)23-20)13-17(21-22)14-7-3-2-4-8-14/h2-10,15,18H,11-13H2,1H3. The summed E-state index contributed by atoms with van der Waals surface area (Å²) in [6.07, 6.45) is 3.42. The summed E-state index contributed by atoms with van der Waals surface area (Å²) in [6.45, 7) is 2.21. The Hall–Kier alpha value is -2.29. The van der Waals surface area contributed by atoms with E-state index < -0.39 is 0 Å². The fourth-order valence-electron chi connectivity index (χ4n) is 3.97. The monoisotopic (exact) mass is 304 g/mol. The van der Waals surface area contributed by atoms with E-state index in [1.54, 1.807) is 0 Å². The second kappa shape index (κ2) is 4.60. The van der Waals surface area contributed by atoms with E-state index >= 15 is 0 Å². The van der Waals surface area contributed by atoms with E-state index in [-0.39, 0.29) is 5.72 Å². The predicted octanol–water partition coefficient (Wildman–Crippen LogP) is 4.36. The Kier molecular flexibility index (Phi) is 2.64. The molecule has 0 bridgehead atoms. The molecule has 0 saturated heterocycles. The molecule has 3 nitrogen and oxygen atoms in total. The average Bonchev–Trinajstić information content (AvgIpc) is 3.35. The third-order valence-corrected chi connectivity index (χ3v) is 5.40. The van der Waals surface area contributed by atoms with Gasteiger partial charge in [-0.25, -0.2) is 5.01 Å². The molecule has 2 atom stereocenters. The molecule has 3 heteroatoms. The van der Waals surface area contributed by atoms with Crippen LogP contribution in [0.1, 0.15) is 43.4 Å². The highest BCUT2D eigenvalue weighted by molar-refractivity contribution is 6.01. The molecule has 116 valence electrons. The molecule has 2 heterocycles. The Morgan fingerprint density at radius 2 is 1.78 bits per heavy atom. The maximum Gasteiger partial charge on any atom is 0.198 e. The van der Waals surface area contributed by atoms with E-state index in [2.05, 4.69) is 66.5 Å². The summed E-state index contributed by atoms with van der Waals surface area (Å²) in [7, 11) is 0. The Balaban J connectivity index is 1.62. The molecule has 2 aromatic carbocycles. The van der Waals surface area contributed by atoms with Gasteiger partial charge in [0.2, 0.25) is 0 Å². The lowest BCUT2D eigenvalue weighted by Crippen LogP contribution is -2.52. The fraction of sp³-hybridized carbons (Fsp3) is 0.350. The number of nitrogens with zero attached hydrogens (tertiary/aromatic N) is 2. The molecular formula is C20H20N2O. The molecule has 0 amide bonds. The maximum absolute atomic E-state index is 6.46. The maximum atomic E-state index is 6.46. The van der Waals surface area contributed by atoms with Crippen molar-refractivity contribution in [3.8, 4) is 5.75 Å². The van der Waals surface area contributed by atoms with Gasteiger partial charge in [-0.15, -0.1) is 0 Å². The van der Waals surface area contributed by atoms with E-state index in [1.165, 1.54) is 29.7 Å². The molecule has 2 unspecified atom stereocenters. The van der Waals surface area contributed by atoms with Gasteiger partial charge in [-0.2, -0.15) is 5.10 Å². The summed E-state index contributed by atoms with van der Waals surface area (Å²) in [6, 6.07) is 19.3. The molecule has 2 aromatic rings. The largest absolute Gasteiger partial charge is 0.466 e. The topological polar surface area (TPSA) is 24.8 Å². The highest BCUT2D eigenvalue weighted by atomic mass is 16.5. The van der Waals surface area contributed by atoms with Crippen molar-refractivity contribution in [1.82, 2.24) is 5.01 Å². The first-order chi connectivity index (χ1) is 11.3. The molecule has 3 aliphatic rings. The van der Waals surface area contributed by atoms with Crippen molar-refractivity contribution in [3.05, 3.63) is 65.7 Å². The average molecular weight is 304 g/mol. The number of hydrazone groups is 1. The van der Waals surface area contributed by atoms with Gasteiger partial charge in [-0.05, 0) is 31.4 Å². The van der Waals surface area contributed by atoms with E-state index in [9.17, 15) is 0 Å². The van der Waals surface area contributed by atoms with Gasteiger partial charge < -0.3 is 4.74 Å². The van der Waals surface area contributed by atoms with Crippen LogP contribution in [0.5, 0.6) is 5.75 Å². The summed E-state index contributed by atoms with van der Waals surface area (Å²) in [5.41, 5.74) is 3.34. The van der Waals surface area contributed by atoms with Crippen LogP contribution in [0.15, 0.2) is 59.7 Å². The summed E-state index contributed by atoms with van der Waals surface area (Å²) in [4.78, 5) is 0. The quantitative estimate of drug-likeness (QED) is 0.823. The predicted molar refractivity (Wildman–Crippen MR) is 90.4 cm³/mol. The van der Waals surface area contributed by atoms with Crippen molar-refractivity contribution in [2.24, 2.45) is 11.0 Å². The fourth-order valence-corrected chi connectivity index (χ4v) is 3.97. The zero-order chi connectivity index (χ0) is 15.4. The highest BCUT2D eigenvalue weighted by Gasteiger charge is 2.55. The van der Waals surface area contributed by atoms with Crippen LogP contribution in [0.2, 0.25) is 0 Å². The summed E-state index contributed by atoms with van der Waals surface area (Å²) < 4.78 is 6.46. The molecule has 2 aliphatic heterocycles. The van der Waals surface area contributed by atoms with Crippen LogP contribution in [0.25, 0.3) is 0 Å². The van der Waals surface area contributed by atoms with Gasteiger partial charge in [0, 0.05) is 17.9 Å². The van der Waals surface area contributed by atoms with Crippen molar-refractivity contribution < 1.29 is 4.74 Å². The third-order valence-electron chi connectivity index (χ3n) is 5.40. The molecule has 0 aromatic heterocycles. The number of fused-ring (bicyclic) bond motifs is 3. The van der Waals surface area contributed by atoms with Gasteiger partial charge in [0.1, 0.15) is 5.75 Å². The first kappa shape index (κ1) is 13.2. The molecule has 23 heavy (non-hydrogen) atoms. The number of hydrogen-bond acceptors (Lipinski definition) is 3. The van der Waals surface area contributed by atoms with Crippen molar-refractivity contribution >= 4 is 5.71 Å². The van der Waals surface area contributed by atoms with Gasteiger partial charge in [0.25, 0.3) is 0 Å². The number of ether oxygens (including phenoxy) is 1. The Bertz CT molecular complexity index is 781. The first-order valence-electron chi connectivity index (χ1n) is 8.46. The Morgan fingerprint density at radius 1 is 1.04 bits per heavy atom. The SMILES string of the molecule is CC1(C2CC2)Oc2ccccc2C2CC(c3ccccc3)=NN21.